The lowest BCUT2D eigenvalue weighted by Crippen LogP contribution is -2.34. The third-order valence-electron chi connectivity index (χ3n) is 5.23. The fourth-order valence-corrected chi connectivity index (χ4v) is 3.40. The Balaban J connectivity index is 1.46. The lowest BCUT2D eigenvalue weighted by atomic mass is 10.0. The van der Waals surface area contributed by atoms with Gasteiger partial charge in [-0.1, -0.05) is 42.5 Å². The summed E-state index contributed by atoms with van der Waals surface area (Å²) < 4.78 is 0. The minimum atomic E-state index is -0.0871. The number of carbonyl (C=O) groups is 2. The summed E-state index contributed by atoms with van der Waals surface area (Å²) in [5, 5.41) is 5.97. The highest BCUT2D eigenvalue weighted by Gasteiger charge is 2.28. The van der Waals surface area contributed by atoms with Crippen molar-refractivity contribution in [1.29, 1.82) is 0 Å². The Bertz CT molecular complexity index is 804. The lowest BCUT2D eigenvalue weighted by molar-refractivity contribution is -0.122. The van der Waals surface area contributed by atoms with Gasteiger partial charge in [-0.3, -0.25) is 4.79 Å². The van der Waals surface area contributed by atoms with Crippen LogP contribution in [0.2, 0.25) is 0 Å². The van der Waals surface area contributed by atoms with Crippen molar-refractivity contribution in [2.45, 2.75) is 33.2 Å². The van der Waals surface area contributed by atoms with Crippen molar-refractivity contribution in [1.82, 2.24) is 10.2 Å². The zero-order valence-corrected chi connectivity index (χ0v) is 16.0. The molecule has 1 saturated heterocycles. The molecule has 0 aromatic heterocycles. The minimum Gasteiger partial charge on any atom is -0.352 e. The summed E-state index contributed by atoms with van der Waals surface area (Å²) in [5.41, 5.74) is 4.18. The smallest absolute Gasteiger partial charge is 0.321 e. The van der Waals surface area contributed by atoms with Crippen LogP contribution in [0.5, 0.6) is 0 Å². The molecule has 1 atom stereocenters. The van der Waals surface area contributed by atoms with Gasteiger partial charge in [-0.25, -0.2) is 4.79 Å². The molecule has 1 heterocycles. The summed E-state index contributed by atoms with van der Waals surface area (Å²) >= 11 is 0. The standard InChI is InChI=1S/C22H27N3O2/c1-16-7-6-10-20(17(16)2)24-22(27)25-12-11-19(15-25)13-21(26)23-14-18-8-4-3-5-9-18/h3-10,19H,11-15H2,1-2H3,(H,23,26)(H,24,27). The predicted octanol–water partition coefficient (Wildman–Crippen LogP) is 3.86. The van der Waals surface area contributed by atoms with E-state index in [1.165, 1.54) is 0 Å². The summed E-state index contributed by atoms with van der Waals surface area (Å²) in [4.78, 5) is 26.5. The van der Waals surface area contributed by atoms with Gasteiger partial charge in [0.1, 0.15) is 0 Å². The van der Waals surface area contributed by atoms with Gasteiger partial charge in [0.2, 0.25) is 5.91 Å². The quantitative estimate of drug-likeness (QED) is 0.845. The number of urea groups is 1. The van der Waals surface area contributed by atoms with E-state index in [9.17, 15) is 9.59 Å². The molecule has 5 heteroatoms. The first-order valence-electron chi connectivity index (χ1n) is 9.45. The predicted molar refractivity (Wildman–Crippen MR) is 108 cm³/mol. The highest BCUT2D eigenvalue weighted by Crippen LogP contribution is 2.22. The van der Waals surface area contributed by atoms with Gasteiger partial charge >= 0.3 is 6.03 Å². The van der Waals surface area contributed by atoms with Gasteiger partial charge in [0.05, 0.1) is 0 Å². The van der Waals surface area contributed by atoms with Gasteiger partial charge in [-0.2, -0.15) is 0 Å². The maximum absolute atomic E-state index is 12.5. The molecule has 2 aromatic rings. The maximum atomic E-state index is 12.5. The number of amides is 3. The molecule has 2 aromatic carbocycles. The molecule has 0 bridgehead atoms. The number of anilines is 1. The summed E-state index contributed by atoms with van der Waals surface area (Å²) in [6.45, 7) is 5.89. The number of likely N-dealkylation sites (tertiary alicyclic amines) is 1. The Hall–Kier alpha value is -2.82. The van der Waals surface area contributed by atoms with Gasteiger partial charge in [-0.05, 0) is 48.9 Å². The van der Waals surface area contributed by atoms with Gasteiger partial charge < -0.3 is 15.5 Å². The van der Waals surface area contributed by atoms with Gasteiger partial charge in [0.15, 0.2) is 0 Å². The summed E-state index contributed by atoms with van der Waals surface area (Å²) in [6, 6.07) is 15.7. The first-order valence-corrected chi connectivity index (χ1v) is 9.45. The van der Waals surface area contributed by atoms with Gasteiger partial charge in [-0.15, -0.1) is 0 Å². The van der Waals surface area contributed by atoms with Crippen LogP contribution in [-0.4, -0.2) is 29.9 Å². The van der Waals surface area contributed by atoms with Crippen LogP contribution in [0.4, 0.5) is 10.5 Å². The highest BCUT2D eigenvalue weighted by atomic mass is 16.2. The van der Waals surface area contributed by atoms with Crippen LogP contribution in [0.1, 0.15) is 29.5 Å². The Labute approximate surface area is 160 Å². The Morgan fingerprint density at radius 1 is 1.07 bits per heavy atom. The number of nitrogens with zero attached hydrogens (tertiary/aromatic N) is 1. The molecule has 3 rings (SSSR count). The van der Waals surface area contributed by atoms with E-state index in [0.29, 0.717) is 26.1 Å². The fraction of sp³-hybridized carbons (Fsp3) is 0.364. The van der Waals surface area contributed by atoms with Crippen LogP contribution < -0.4 is 10.6 Å². The SMILES string of the molecule is Cc1cccc(NC(=O)N2CCC(CC(=O)NCc3ccccc3)C2)c1C. The average Bonchev–Trinajstić information content (AvgIpc) is 3.13. The number of carbonyl (C=O) groups excluding carboxylic acids is 2. The van der Waals surface area contributed by atoms with Crippen molar-refractivity contribution in [3.63, 3.8) is 0 Å². The first kappa shape index (κ1) is 19.0. The van der Waals surface area contributed by atoms with Crippen molar-refractivity contribution in [3.05, 3.63) is 65.2 Å². The monoisotopic (exact) mass is 365 g/mol. The topological polar surface area (TPSA) is 61.4 Å². The van der Waals surface area contributed by atoms with Crippen LogP contribution in [-0.2, 0) is 11.3 Å². The second kappa shape index (κ2) is 8.71. The molecule has 2 N–H and O–H groups in total. The summed E-state index contributed by atoms with van der Waals surface area (Å²) in [7, 11) is 0. The molecule has 5 nitrogen and oxygen atoms in total. The molecule has 27 heavy (non-hydrogen) atoms. The molecule has 1 unspecified atom stereocenters. The van der Waals surface area contributed by atoms with E-state index in [1.807, 2.05) is 62.4 Å². The zero-order chi connectivity index (χ0) is 19.2. The molecule has 142 valence electrons. The molecule has 1 aliphatic rings. The second-order valence-electron chi connectivity index (χ2n) is 7.24. The van der Waals surface area contributed by atoms with Crippen molar-refractivity contribution < 1.29 is 9.59 Å². The molecular formula is C22H27N3O2. The molecule has 1 aliphatic heterocycles. The van der Waals surface area contributed by atoms with E-state index in [2.05, 4.69) is 10.6 Å². The lowest BCUT2D eigenvalue weighted by Gasteiger charge is -2.19. The van der Waals surface area contributed by atoms with Gasteiger partial charge in [0.25, 0.3) is 0 Å². The van der Waals surface area contributed by atoms with Crippen LogP contribution in [0.25, 0.3) is 0 Å². The van der Waals surface area contributed by atoms with E-state index >= 15 is 0 Å². The largest absolute Gasteiger partial charge is 0.352 e. The number of benzene rings is 2. The highest BCUT2D eigenvalue weighted by molar-refractivity contribution is 5.90. The molecule has 0 spiro atoms. The van der Waals surface area contributed by atoms with Crippen molar-refractivity contribution in [2.24, 2.45) is 5.92 Å². The number of aryl methyl sites for hydroxylation is 1. The van der Waals surface area contributed by atoms with Crippen molar-refractivity contribution in [3.8, 4) is 0 Å². The van der Waals surface area contributed by atoms with Crippen LogP contribution in [0.15, 0.2) is 48.5 Å². The molecule has 1 fully saturated rings. The van der Waals surface area contributed by atoms with Crippen LogP contribution in [0.3, 0.4) is 0 Å². The van der Waals surface area contributed by atoms with E-state index < -0.39 is 0 Å². The number of hydrogen-bond acceptors (Lipinski definition) is 2. The Kier molecular flexibility index (Phi) is 6.12. The van der Waals surface area contributed by atoms with Crippen LogP contribution >= 0.6 is 0 Å². The first-order chi connectivity index (χ1) is 13.0. The number of rotatable bonds is 5. The molecule has 0 aliphatic carbocycles. The second-order valence-corrected chi connectivity index (χ2v) is 7.24. The molecule has 3 amide bonds. The Morgan fingerprint density at radius 2 is 1.85 bits per heavy atom. The van der Waals surface area contributed by atoms with E-state index in [4.69, 9.17) is 0 Å². The summed E-state index contributed by atoms with van der Waals surface area (Å²) in [5.74, 6) is 0.255. The summed E-state index contributed by atoms with van der Waals surface area (Å²) in [6.07, 6.45) is 1.32. The molecule has 0 saturated carbocycles. The van der Waals surface area contributed by atoms with E-state index in [-0.39, 0.29) is 17.9 Å². The van der Waals surface area contributed by atoms with Gasteiger partial charge in [0, 0.05) is 31.7 Å². The van der Waals surface area contributed by atoms with Crippen LogP contribution in [0, 0.1) is 19.8 Å². The minimum absolute atomic E-state index is 0.0423. The Morgan fingerprint density at radius 3 is 2.63 bits per heavy atom. The van der Waals surface area contributed by atoms with Crippen molar-refractivity contribution >= 4 is 17.6 Å². The molecule has 0 radical (unpaired) electrons. The number of hydrogen-bond donors (Lipinski definition) is 2. The zero-order valence-electron chi connectivity index (χ0n) is 16.0. The molecular weight excluding hydrogens is 338 g/mol. The average molecular weight is 365 g/mol. The van der Waals surface area contributed by atoms with E-state index in [0.717, 1.165) is 28.8 Å². The maximum Gasteiger partial charge on any atom is 0.321 e. The third-order valence-corrected chi connectivity index (χ3v) is 5.23. The third kappa shape index (κ3) is 5.09. The fourth-order valence-electron chi connectivity index (χ4n) is 3.40. The number of nitrogens with one attached hydrogen (secondary N) is 2. The van der Waals surface area contributed by atoms with E-state index in [1.54, 1.807) is 4.90 Å². The normalized spacial score (nSPS) is 16.2. The van der Waals surface area contributed by atoms with Crippen molar-refractivity contribution in [2.75, 3.05) is 18.4 Å².